The van der Waals surface area contributed by atoms with E-state index in [0.29, 0.717) is 23.5 Å². The normalized spacial score (nSPS) is 10.0. The maximum atomic E-state index is 12.2. The summed E-state index contributed by atoms with van der Waals surface area (Å²) >= 11 is 0. The largest absolute Gasteiger partial charge is 0.493 e. The molecule has 0 aliphatic carbocycles. The van der Waals surface area contributed by atoms with Gasteiger partial charge in [-0.3, -0.25) is 20.4 Å². The van der Waals surface area contributed by atoms with Gasteiger partial charge in [-0.25, -0.2) is 0 Å². The van der Waals surface area contributed by atoms with Gasteiger partial charge < -0.3 is 4.74 Å². The molecule has 0 aromatic heterocycles. The van der Waals surface area contributed by atoms with Crippen LogP contribution in [0.3, 0.4) is 0 Å². The third-order valence-corrected chi connectivity index (χ3v) is 3.35. The molecule has 0 saturated heterocycles. The zero-order valence-corrected chi connectivity index (χ0v) is 13.3. The average Bonchev–Trinajstić information content (AvgIpc) is 2.60. The molecule has 2 aromatic carbocycles. The molecule has 0 atom stereocenters. The Morgan fingerprint density at radius 2 is 1.57 bits per heavy atom. The average molecular weight is 312 g/mol. The molecular formula is C18H20N2O3. The highest BCUT2D eigenvalue weighted by atomic mass is 16.5. The molecule has 0 fully saturated rings. The van der Waals surface area contributed by atoms with Gasteiger partial charge in [-0.05, 0) is 43.2 Å². The summed E-state index contributed by atoms with van der Waals surface area (Å²) in [6, 6.07) is 14.1. The van der Waals surface area contributed by atoms with E-state index in [9.17, 15) is 9.59 Å². The van der Waals surface area contributed by atoms with E-state index in [4.69, 9.17) is 4.74 Å². The Kier molecular flexibility index (Phi) is 5.74. The molecule has 0 saturated carbocycles. The van der Waals surface area contributed by atoms with Gasteiger partial charge in [-0.15, -0.1) is 0 Å². The van der Waals surface area contributed by atoms with Gasteiger partial charge in [-0.1, -0.05) is 31.2 Å². The van der Waals surface area contributed by atoms with Crippen LogP contribution in [0.1, 0.15) is 40.1 Å². The molecular weight excluding hydrogens is 292 g/mol. The Hall–Kier alpha value is -2.82. The molecule has 0 heterocycles. The molecule has 23 heavy (non-hydrogen) atoms. The van der Waals surface area contributed by atoms with Crippen molar-refractivity contribution in [1.29, 1.82) is 0 Å². The lowest BCUT2D eigenvalue weighted by molar-refractivity contribution is 0.0844. The molecule has 2 aromatic rings. The summed E-state index contributed by atoms with van der Waals surface area (Å²) in [4.78, 5) is 24.2. The molecule has 120 valence electrons. The standard InChI is InChI=1S/C18H20N2O3/c1-3-13-9-11-14(12-10-13)17(21)19-20-18(22)15-7-5-6-8-16(15)23-4-2/h5-12H,3-4H2,1-2H3,(H,19,21)(H,20,22). The third-order valence-electron chi connectivity index (χ3n) is 3.35. The van der Waals surface area contributed by atoms with Gasteiger partial charge in [0.1, 0.15) is 5.75 Å². The smallest absolute Gasteiger partial charge is 0.273 e. The lowest BCUT2D eigenvalue weighted by atomic mass is 10.1. The highest BCUT2D eigenvalue weighted by molar-refractivity contribution is 6.00. The van der Waals surface area contributed by atoms with Crippen molar-refractivity contribution in [1.82, 2.24) is 10.9 Å². The first-order valence-corrected chi connectivity index (χ1v) is 7.57. The number of hydrogen-bond donors (Lipinski definition) is 2. The van der Waals surface area contributed by atoms with Gasteiger partial charge in [-0.2, -0.15) is 0 Å². The van der Waals surface area contributed by atoms with Crippen molar-refractivity contribution in [2.24, 2.45) is 0 Å². The summed E-state index contributed by atoms with van der Waals surface area (Å²) in [5.74, 6) is -0.309. The molecule has 2 N–H and O–H groups in total. The molecule has 0 spiro atoms. The maximum absolute atomic E-state index is 12.2. The van der Waals surface area contributed by atoms with Gasteiger partial charge in [0.05, 0.1) is 12.2 Å². The highest BCUT2D eigenvalue weighted by Gasteiger charge is 2.13. The Bertz CT molecular complexity index is 681. The molecule has 2 amide bonds. The molecule has 0 aliphatic heterocycles. The number of hydrogen-bond acceptors (Lipinski definition) is 3. The summed E-state index contributed by atoms with van der Waals surface area (Å²) < 4.78 is 5.40. The van der Waals surface area contributed by atoms with E-state index in [0.717, 1.165) is 12.0 Å². The van der Waals surface area contributed by atoms with E-state index >= 15 is 0 Å². The van der Waals surface area contributed by atoms with Crippen molar-refractivity contribution in [2.75, 3.05) is 6.61 Å². The molecule has 0 aliphatic rings. The van der Waals surface area contributed by atoms with Crippen LogP contribution < -0.4 is 15.6 Å². The summed E-state index contributed by atoms with van der Waals surface area (Å²) in [5, 5.41) is 0. The topological polar surface area (TPSA) is 67.4 Å². The minimum Gasteiger partial charge on any atom is -0.493 e. The Balaban J connectivity index is 1.99. The number of carbonyl (C=O) groups excluding carboxylic acids is 2. The predicted octanol–water partition coefficient (Wildman–Crippen LogP) is 2.72. The first-order valence-electron chi connectivity index (χ1n) is 7.57. The van der Waals surface area contributed by atoms with E-state index in [-0.39, 0.29) is 5.91 Å². The van der Waals surface area contributed by atoms with Crippen LogP contribution in [-0.4, -0.2) is 18.4 Å². The molecule has 0 radical (unpaired) electrons. The molecule has 0 unspecified atom stereocenters. The zero-order chi connectivity index (χ0) is 16.7. The first-order chi connectivity index (χ1) is 11.2. The van der Waals surface area contributed by atoms with Crippen molar-refractivity contribution in [2.45, 2.75) is 20.3 Å². The maximum Gasteiger partial charge on any atom is 0.273 e. The minimum atomic E-state index is -0.424. The van der Waals surface area contributed by atoms with Crippen LogP contribution >= 0.6 is 0 Å². The van der Waals surface area contributed by atoms with Crippen LogP contribution in [0, 0.1) is 0 Å². The lowest BCUT2D eigenvalue weighted by Gasteiger charge is -2.11. The number of benzene rings is 2. The van der Waals surface area contributed by atoms with E-state index in [1.807, 2.05) is 26.0 Å². The fourth-order valence-corrected chi connectivity index (χ4v) is 2.08. The highest BCUT2D eigenvalue weighted by Crippen LogP contribution is 2.17. The van der Waals surface area contributed by atoms with Crippen molar-refractivity contribution < 1.29 is 14.3 Å². The van der Waals surface area contributed by atoms with Gasteiger partial charge >= 0.3 is 0 Å². The quantitative estimate of drug-likeness (QED) is 0.834. The molecule has 0 bridgehead atoms. The number of para-hydroxylation sites is 1. The second-order valence-electron chi connectivity index (χ2n) is 4.89. The monoisotopic (exact) mass is 312 g/mol. The van der Waals surface area contributed by atoms with Gasteiger partial charge in [0.15, 0.2) is 0 Å². The predicted molar refractivity (Wildman–Crippen MR) is 88.4 cm³/mol. The number of rotatable bonds is 5. The Labute approximate surface area is 135 Å². The number of hydrazine groups is 1. The van der Waals surface area contributed by atoms with Crippen LogP contribution in [0.5, 0.6) is 5.75 Å². The van der Waals surface area contributed by atoms with Crippen molar-refractivity contribution >= 4 is 11.8 Å². The fourth-order valence-electron chi connectivity index (χ4n) is 2.08. The fraction of sp³-hybridized carbons (Fsp3) is 0.222. The lowest BCUT2D eigenvalue weighted by Crippen LogP contribution is -2.41. The first kappa shape index (κ1) is 16.5. The number of carbonyl (C=O) groups is 2. The summed E-state index contributed by atoms with van der Waals surface area (Å²) in [6.07, 6.45) is 0.910. The summed E-state index contributed by atoms with van der Waals surface area (Å²) in [5.41, 5.74) is 6.82. The summed E-state index contributed by atoms with van der Waals surface area (Å²) in [7, 11) is 0. The Morgan fingerprint density at radius 3 is 2.22 bits per heavy atom. The molecule has 2 rings (SSSR count). The van der Waals surface area contributed by atoms with Crippen LogP contribution in [0.25, 0.3) is 0 Å². The zero-order valence-electron chi connectivity index (χ0n) is 13.3. The van der Waals surface area contributed by atoms with E-state index in [1.54, 1.807) is 36.4 Å². The van der Waals surface area contributed by atoms with E-state index in [1.165, 1.54) is 0 Å². The minimum absolute atomic E-state index is 0.366. The molecule has 5 heteroatoms. The number of nitrogens with one attached hydrogen (secondary N) is 2. The van der Waals surface area contributed by atoms with Gasteiger partial charge in [0.25, 0.3) is 11.8 Å². The van der Waals surface area contributed by atoms with Crippen LogP contribution in [0.2, 0.25) is 0 Å². The Morgan fingerprint density at radius 1 is 0.913 bits per heavy atom. The summed E-state index contributed by atoms with van der Waals surface area (Å²) in [6.45, 7) is 4.35. The molecule has 5 nitrogen and oxygen atoms in total. The van der Waals surface area contributed by atoms with E-state index < -0.39 is 5.91 Å². The van der Waals surface area contributed by atoms with Crippen molar-refractivity contribution in [3.8, 4) is 5.75 Å². The van der Waals surface area contributed by atoms with Crippen LogP contribution in [0.4, 0.5) is 0 Å². The van der Waals surface area contributed by atoms with Crippen LogP contribution in [0.15, 0.2) is 48.5 Å². The number of aryl methyl sites for hydroxylation is 1. The van der Waals surface area contributed by atoms with Gasteiger partial charge in [0.2, 0.25) is 0 Å². The second kappa shape index (κ2) is 7.98. The third kappa shape index (κ3) is 4.32. The number of amides is 2. The number of ether oxygens (including phenoxy) is 1. The van der Waals surface area contributed by atoms with E-state index in [2.05, 4.69) is 10.9 Å². The van der Waals surface area contributed by atoms with Crippen molar-refractivity contribution in [3.05, 3.63) is 65.2 Å². The van der Waals surface area contributed by atoms with Crippen LogP contribution in [-0.2, 0) is 6.42 Å². The van der Waals surface area contributed by atoms with Gasteiger partial charge in [0, 0.05) is 5.56 Å². The van der Waals surface area contributed by atoms with Crippen molar-refractivity contribution in [3.63, 3.8) is 0 Å². The second-order valence-corrected chi connectivity index (χ2v) is 4.89. The SMILES string of the molecule is CCOc1ccccc1C(=O)NNC(=O)c1ccc(CC)cc1.